The van der Waals surface area contributed by atoms with E-state index in [0.29, 0.717) is 17.3 Å². The number of hydrogen-bond acceptors (Lipinski definition) is 3. The molecule has 7 heteroatoms. The number of carboxylic acids is 1. The molecule has 0 radical (unpaired) electrons. The van der Waals surface area contributed by atoms with E-state index in [9.17, 15) is 14.7 Å². The van der Waals surface area contributed by atoms with Gasteiger partial charge in [-0.1, -0.05) is 23.7 Å². The Labute approximate surface area is 132 Å². The van der Waals surface area contributed by atoms with E-state index in [-0.39, 0.29) is 12.1 Å². The van der Waals surface area contributed by atoms with Crippen LogP contribution in [0.2, 0.25) is 5.02 Å². The van der Waals surface area contributed by atoms with Crippen LogP contribution in [-0.4, -0.2) is 46.1 Å². The number of carbonyl (C=O) groups excluding carboxylic acids is 1. The lowest BCUT2D eigenvalue weighted by Crippen LogP contribution is -2.54. The molecule has 1 aliphatic rings. The van der Waals surface area contributed by atoms with E-state index >= 15 is 0 Å². The average Bonchev–Trinajstić information content (AvgIpc) is 2.47. The van der Waals surface area contributed by atoms with Crippen LogP contribution < -0.4 is 5.32 Å². The lowest BCUT2D eigenvalue weighted by Gasteiger charge is -2.33. The molecule has 1 saturated heterocycles. The van der Waals surface area contributed by atoms with E-state index < -0.39 is 12.0 Å². The highest BCUT2D eigenvalue weighted by Crippen LogP contribution is 2.19. The molecule has 2 N–H and O–H groups in total. The van der Waals surface area contributed by atoms with Crippen molar-refractivity contribution in [3.8, 4) is 0 Å². The molecule has 0 bridgehead atoms. The highest BCUT2D eigenvalue weighted by molar-refractivity contribution is 7.99. The summed E-state index contributed by atoms with van der Waals surface area (Å²) in [6, 6.07) is 5.89. The number of halogens is 1. The van der Waals surface area contributed by atoms with Crippen molar-refractivity contribution in [1.82, 2.24) is 10.2 Å². The number of carbonyl (C=O) groups is 2. The Balaban J connectivity index is 2.02. The van der Waals surface area contributed by atoms with Crippen molar-refractivity contribution >= 4 is 35.4 Å². The molecule has 2 atom stereocenters. The molecule has 0 spiro atoms. The van der Waals surface area contributed by atoms with E-state index in [1.165, 1.54) is 4.90 Å². The summed E-state index contributed by atoms with van der Waals surface area (Å²) in [7, 11) is 0. The fraction of sp³-hybridized carbons (Fsp3) is 0.429. The van der Waals surface area contributed by atoms with Crippen LogP contribution in [0, 0.1) is 0 Å². The fourth-order valence-electron chi connectivity index (χ4n) is 2.15. The van der Waals surface area contributed by atoms with E-state index in [0.717, 1.165) is 11.3 Å². The van der Waals surface area contributed by atoms with Crippen LogP contribution in [-0.2, 0) is 4.79 Å². The molecule has 2 rings (SSSR count). The SMILES string of the molecule is CC(NC(=O)N1CCSCC1C(=O)O)c1ccc(Cl)cc1. The van der Waals surface area contributed by atoms with E-state index in [1.807, 2.05) is 19.1 Å². The Morgan fingerprint density at radius 1 is 1.43 bits per heavy atom. The van der Waals surface area contributed by atoms with Crippen molar-refractivity contribution in [2.75, 3.05) is 18.1 Å². The summed E-state index contributed by atoms with van der Waals surface area (Å²) in [6.07, 6.45) is 0. The first-order valence-electron chi connectivity index (χ1n) is 6.62. The molecule has 21 heavy (non-hydrogen) atoms. The van der Waals surface area contributed by atoms with E-state index in [1.54, 1.807) is 23.9 Å². The molecule has 1 aliphatic heterocycles. The number of carboxylic acid groups (broad SMARTS) is 1. The van der Waals surface area contributed by atoms with Crippen LogP contribution in [0.1, 0.15) is 18.5 Å². The Bertz CT molecular complexity index is 523. The van der Waals surface area contributed by atoms with Crippen LogP contribution in [0.5, 0.6) is 0 Å². The number of nitrogens with zero attached hydrogens (tertiary/aromatic N) is 1. The summed E-state index contributed by atoms with van der Waals surface area (Å²) in [5.74, 6) is 0.224. The summed E-state index contributed by atoms with van der Waals surface area (Å²) in [4.78, 5) is 24.9. The van der Waals surface area contributed by atoms with Crippen molar-refractivity contribution in [2.45, 2.75) is 19.0 Å². The molecule has 0 aliphatic carbocycles. The second kappa shape index (κ2) is 7.04. The van der Waals surface area contributed by atoms with Gasteiger partial charge in [-0.2, -0.15) is 11.8 Å². The number of hydrogen-bond donors (Lipinski definition) is 2. The number of benzene rings is 1. The maximum absolute atomic E-state index is 12.3. The number of rotatable bonds is 3. The lowest BCUT2D eigenvalue weighted by atomic mass is 10.1. The second-order valence-electron chi connectivity index (χ2n) is 4.85. The molecule has 1 fully saturated rings. The molecular weight excluding hydrogens is 312 g/mol. The van der Waals surface area contributed by atoms with Gasteiger partial charge in [-0.25, -0.2) is 9.59 Å². The molecular formula is C14H17ClN2O3S. The zero-order chi connectivity index (χ0) is 15.4. The number of nitrogens with one attached hydrogen (secondary N) is 1. The lowest BCUT2D eigenvalue weighted by molar-refractivity contribution is -0.141. The molecule has 1 aromatic carbocycles. The maximum Gasteiger partial charge on any atom is 0.327 e. The minimum atomic E-state index is -0.962. The van der Waals surface area contributed by atoms with Crippen molar-refractivity contribution in [2.24, 2.45) is 0 Å². The van der Waals surface area contributed by atoms with Gasteiger partial charge in [0.25, 0.3) is 0 Å². The predicted octanol–water partition coefficient (Wildman–Crippen LogP) is 2.61. The number of thioether (sulfide) groups is 1. The van der Waals surface area contributed by atoms with Crippen LogP contribution in [0.15, 0.2) is 24.3 Å². The Morgan fingerprint density at radius 2 is 2.10 bits per heavy atom. The minimum absolute atomic E-state index is 0.209. The molecule has 0 saturated carbocycles. The first kappa shape index (κ1) is 16.0. The molecule has 0 aromatic heterocycles. The second-order valence-corrected chi connectivity index (χ2v) is 6.43. The third-order valence-electron chi connectivity index (χ3n) is 3.38. The van der Waals surface area contributed by atoms with E-state index in [4.69, 9.17) is 11.6 Å². The molecule has 2 amide bonds. The monoisotopic (exact) mass is 328 g/mol. The summed E-state index contributed by atoms with van der Waals surface area (Å²) in [5.41, 5.74) is 0.922. The fourth-order valence-corrected chi connectivity index (χ4v) is 3.32. The van der Waals surface area contributed by atoms with Crippen LogP contribution in [0.4, 0.5) is 4.79 Å². The standard InChI is InChI=1S/C14H17ClN2O3S/c1-9(10-2-4-11(15)5-3-10)16-14(20)17-6-7-21-8-12(17)13(18)19/h2-5,9,12H,6-8H2,1H3,(H,16,20)(H,18,19). The number of amides is 2. The Morgan fingerprint density at radius 3 is 2.71 bits per heavy atom. The smallest absolute Gasteiger partial charge is 0.327 e. The van der Waals surface area contributed by atoms with E-state index in [2.05, 4.69) is 5.32 Å². The normalized spacial score (nSPS) is 19.9. The molecule has 5 nitrogen and oxygen atoms in total. The van der Waals surface area contributed by atoms with Gasteiger partial charge in [-0.05, 0) is 24.6 Å². The zero-order valence-electron chi connectivity index (χ0n) is 11.6. The van der Waals surface area contributed by atoms with Crippen LogP contribution >= 0.6 is 23.4 Å². The molecule has 2 unspecified atom stereocenters. The zero-order valence-corrected chi connectivity index (χ0v) is 13.2. The number of aliphatic carboxylic acids is 1. The van der Waals surface area contributed by atoms with Gasteiger partial charge in [0.2, 0.25) is 0 Å². The molecule has 114 valence electrons. The summed E-state index contributed by atoms with van der Waals surface area (Å²) in [6.45, 7) is 2.30. The van der Waals surface area contributed by atoms with Gasteiger partial charge in [0.1, 0.15) is 6.04 Å². The Hall–Kier alpha value is -1.40. The summed E-state index contributed by atoms with van der Waals surface area (Å²) < 4.78 is 0. The third-order valence-corrected chi connectivity index (χ3v) is 4.66. The highest BCUT2D eigenvalue weighted by Gasteiger charge is 2.32. The first-order chi connectivity index (χ1) is 9.99. The minimum Gasteiger partial charge on any atom is -0.480 e. The van der Waals surface area contributed by atoms with Crippen molar-refractivity contribution in [1.29, 1.82) is 0 Å². The predicted molar refractivity (Wildman–Crippen MR) is 83.9 cm³/mol. The number of urea groups is 1. The van der Waals surface area contributed by atoms with Crippen molar-refractivity contribution in [3.05, 3.63) is 34.9 Å². The van der Waals surface area contributed by atoms with Gasteiger partial charge in [0.15, 0.2) is 0 Å². The molecule has 1 aromatic rings. The average molecular weight is 329 g/mol. The topological polar surface area (TPSA) is 69.6 Å². The largest absolute Gasteiger partial charge is 0.480 e. The van der Waals surface area contributed by atoms with Gasteiger partial charge in [-0.15, -0.1) is 0 Å². The van der Waals surface area contributed by atoms with Crippen LogP contribution in [0.3, 0.4) is 0 Å². The summed E-state index contributed by atoms with van der Waals surface area (Å²) in [5, 5.41) is 12.7. The van der Waals surface area contributed by atoms with Gasteiger partial charge in [-0.3, -0.25) is 0 Å². The van der Waals surface area contributed by atoms with Gasteiger partial charge >= 0.3 is 12.0 Å². The quantitative estimate of drug-likeness (QED) is 0.895. The van der Waals surface area contributed by atoms with Crippen LogP contribution in [0.25, 0.3) is 0 Å². The maximum atomic E-state index is 12.3. The van der Waals surface area contributed by atoms with Gasteiger partial charge in [0, 0.05) is 23.1 Å². The van der Waals surface area contributed by atoms with Crippen molar-refractivity contribution < 1.29 is 14.7 Å². The Kier molecular flexibility index (Phi) is 5.36. The van der Waals surface area contributed by atoms with Crippen molar-refractivity contribution in [3.63, 3.8) is 0 Å². The third kappa shape index (κ3) is 4.04. The molecule has 1 heterocycles. The van der Waals surface area contributed by atoms with Gasteiger partial charge in [0.05, 0.1) is 6.04 Å². The highest BCUT2D eigenvalue weighted by atomic mass is 35.5. The summed E-state index contributed by atoms with van der Waals surface area (Å²) >= 11 is 7.39. The van der Waals surface area contributed by atoms with Gasteiger partial charge < -0.3 is 15.3 Å². The first-order valence-corrected chi connectivity index (χ1v) is 8.15.